The van der Waals surface area contributed by atoms with Crippen LogP contribution in [0.4, 0.5) is 5.69 Å². The molecule has 0 aromatic heterocycles. The topological polar surface area (TPSA) is 92.8 Å². The number of benzene rings is 2. The Bertz CT molecular complexity index is 1010. The average molecular weight is 408 g/mol. The van der Waals surface area contributed by atoms with Gasteiger partial charge in [0.25, 0.3) is 17.7 Å². The van der Waals surface area contributed by atoms with Gasteiger partial charge in [0.1, 0.15) is 0 Å². The van der Waals surface area contributed by atoms with Crippen molar-refractivity contribution in [2.45, 2.75) is 39.7 Å². The third-order valence-electron chi connectivity index (χ3n) is 5.19. The van der Waals surface area contributed by atoms with E-state index in [4.69, 9.17) is 4.74 Å². The van der Waals surface area contributed by atoms with Crippen molar-refractivity contribution in [2.24, 2.45) is 0 Å². The molecule has 1 heterocycles. The maximum atomic E-state index is 12.6. The SMILES string of the molecule is CCc1ccccc1NC(=O)COC(=O)c1ccc2c(c1)C(=O)N([C@@H](C)CC)C2=O. The zero-order valence-corrected chi connectivity index (χ0v) is 17.2. The second kappa shape index (κ2) is 8.90. The quantitative estimate of drug-likeness (QED) is 0.560. The molecule has 3 amide bonds. The van der Waals surface area contributed by atoms with E-state index in [1.54, 1.807) is 13.0 Å². The second-order valence-corrected chi connectivity index (χ2v) is 7.13. The number of nitrogens with one attached hydrogen (secondary N) is 1. The highest BCUT2D eigenvalue weighted by Gasteiger charge is 2.38. The smallest absolute Gasteiger partial charge is 0.338 e. The summed E-state index contributed by atoms with van der Waals surface area (Å²) in [5, 5.41) is 2.73. The molecule has 2 aromatic rings. The first-order valence-electron chi connectivity index (χ1n) is 9.94. The fraction of sp³-hybridized carbons (Fsp3) is 0.304. The number of hydrogen-bond acceptors (Lipinski definition) is 5. The lowest BCUT2D eigenvalue weighted by Crippen LogP contribution is -2.37. The minimum Gasteiger partial charge on any atom is -0.452 e. The van der Waals surface area contributed by atoms with Crippen LogP contribution in [0.5, 0.6) is 0 Å². The summed E-state index contributed by atoms with van der Waals surface area (Å²) in [7, 11) is 0. The first-order valence-corrected chi connectivity index (χ1v) is 9.94. The van der Waals surface area contributed by atoms with Gasteiger partial charge >= 0.3 is 5.97 Å². The van der Waals surface area contributed by atoms with E-state index >= 15 is 0 Å². The number of carbonyl (C=O) groups is 4. The maximum Gasteiger partial charge on any atom is 0.338 e. The van der Waals surface area contributed by atoms with E-state index in [1.807, 2.05) is 32.0 Å². The van der Waals surface area contributed by atoms with Gasteiger partial charge in [0.2, 0.25) is 0 Å². The molecule has 0 spiro atoms. The summed E-state index contributed by atoms with van der Waals surface area (Å²) in [5.74, 6) is -1.98. The van der Waals surface area contributed by atoms with Crippen LogP contribution < -0.4 is 5.32 Å². The molecule has 0 radical (unpaired) electrons. The van der Waals surface area contributed by atoms with Crippen molar-refractivity contribution in [3.8, 4) is 0 Å². The van der Waals surface area contributed by atoms with Crippen molar-refractivity contribution in [1.82, 2.24) is 4.90 Å². The molecular weight excluding hydrogens is 384 g/mol. The van der Waals surface area contributed by atoms with Crippen LogP contribution in [0.25, 0.3) is 0 Å². The zero-order chi connectivity index (χ0) is 21.8. The lowest BCUT2D eigenvalue weighted by molar-refractivity contribution is -0.119. The third-order valence-corrected chi connectivity index (χ3v) is 5.19. The van der Waals surface area contributed by atoms with E-state index in [9.17, 15) is 19.2 Å². The molecule has 0 unspecified atom stereocenters. The number of esters is 1. The van der Waals surface area contributed by atoms with Crippen LogP contribution in [0, 0.1) is 0 Å². The predicted octanol–water partition coefficient (Wildman–Crippen LogP) is 3.44. The van der Waals surface area contributed by atoms with Gasteiger partial charge < -0.3 is 10.1 Å². The fourth-order valence-corrected chi connectivity index (χ4v) is 3.32. The van der Waals surface area contributed by atoms with Gasteiger partial charge in [-0.1, -0.05) is 32.0 Å². The van der Waals surface area contributed by atoms with Gasteiger partial charge in [-0.15, -0.1) is 0 Å². The molecule has 3 rings (SSSR count). The molecule has 2 aromatic carbocycles. The van der Waals surface area contributed by atoms with Crippen molar-refractivity contribution in [3.63, 3.8) is 0 Å². The van der Waals surface area contributed by atoms with E-state index in [0.717, 1.165) is 12.0 Å². The first kappa shape index (κ1) is 21.2. The van der Waals surface area contributed by atoms with Gasteiger partial charge in [-0.3, -0.25) is 19.3 Å². The Labute approximate surface area is 175 Å². The number of anilines is 1. The summed E-state index contributed by atoms with van der Waals surface area (Å²) in [5.41, 5.74) is 2.21. The number of para-hydroxylation sites is 1. The molecule has 1 N–H and O–H groups in total. The van der Waals surface area contributed by atoms with E-state index in [1.165, 1.54) is 23.1 Å². The molecule has 1 atom stereocenters. The molecule has 7 heteroatoms. The Morgan fingerprint density at radius 1 is 1.03 bits per heavy atom. The summed E-state index contributed by atoms with van der Waals surface area (Å²) in [6, 6.07) is 11.4. The number of ether oxygens (including phenoxy) is 1. The predicted molar refractivity (Wildman–Crippen MR) is 111 cm³/mol. The minimum atomic E-state index is -0.737. The third kappa shape index (κ3) is 4.10. The lowest BCUT2D eigenvalue weighted by atomic mass is 10.1. The van der Waals surface area contributed by atoms with Gasteiger partial charge in [-0.2, -0.15) is 0 Å². The molecule has 30 heavy (non-hydrogen) atoms. The van der Waals surface area contributed by atoms with Crippen LogP contribution in [0.1, 0.15) is 63.8 Å². The number of hydrogen-bond donors (Lipinski definition) is 1. The molecule has 7 nitrogen and oxygen atoms in total. The Morgan fingerprint density at radius 3 is 2.43 bits per heavy atom. The summed E-state index contributed by atoms with van der Waals surface area (Å²) >= 11 is 0. The molecule has 0 bridgehead atoms. The van der Waals surface area contributed by atoms with Crippen molar-refractivity contribution >= 4 is 29.4 Å². The largest absolute Gasteiger partial charge is 0.452 e. The Balaban J connectivity index is 1.66. The highest BCUT2D eigenvalue weighted by atomic mass is 16.5. The summed E-state index contributed by atoms with van der Waals surface area (Å²) in [6.07, 6.45) is 1.39. The zero-order valence-electron chi connectivity index (χ0n) is 17.2. The Hall–Kier alpha value is -3.48. The van der Waals surface area contributed by atoms with Crippen LogP contribution in [0.15, 0.2) is 42.5 Å². The van der Waals surface area contributed by atoms with Crippen LogP contribution in [0.2, 0.25) is 0 Å². The van der Waals surface area contributed by atoms with Crippen molar-refractivity contribution in [3.05, 3.63) is 64.7 Å². The van der Waals surface area contributed by atoms with Crippen LogP contribution >= 0.6 is 0 Å². The molecule has 0 saturated carbocycles. The Kier molecular flexibility index (Phi) is 6.30. The monoisotopic (exact) mass is 408 g/mol. The van der Waals surface area contributed by atoms with E-state index in [0.29, 0.717) is 12.1 Å². The molecule has 0 aliphatic carbocycles. The van der Waals surface area contributed by atoms with Crippen LogP contribution in [-0.4, -0.2) is 41.2 Å². The molecule has 0 saturated heterocycles. The number of nitrogens with zero attached hydrogens (tertiary/aromatic N) is 1. The first-order chi connectivity index (χ1) is 14.4. The number of fused-ring (bicyclic) bond motifs is 1. The van der Waals surface area contributed by atoms with Gasteiger partial charge in [-0.05, 0) is 49.6 Å². The van der Waals surface area contributed by atoms with Crippen molar-refractivity contribution < 1.29 is 23.9 Å². The molecule has 0 fully saturated rings. The van der Waals surface area contributed by atoms with Gasteiger partial charge in [0.15, 0.2) is 6.61 Å². The number of amides is 3. The fourth-order valence-electron chi connectivity index (χ4n) is 3.32. The Morgan fingerprint density at radius 2 is 1.73 bits per heavy atom. The summed E-state index contributed by atoms with van der Waals surface area (Å²) in [6.45, 7) is 5.21. The summed E-state index contributed by atoms with van der Waals surface area (Å²) < 4.78 is 5.09. The standard InChI is InChI=1S/C23H24N2O5/c1-4-14(3)25-21(27)17-11-10-16(12-18(17)22(25)28)23(29)30-13-20(26)24-19-9-7-6-8-15(19)5-2/h6-12,14H,4-5,13H2,1-3H3,(H,24,26)/t14-/m0/s1. The normalized spacial score (nSPS) is 13.8. The molecule has 1 aliphatic rings. The van der Waals surface area contributed by atoms with Crippen LogP contribution in [-0.2, 0) is 16.0 Å². The maximum absolute atomic E-state index is 12.6. The summed E-state index contributed by atoms with van der Waals surface area (Å²) in [4.78, 5) is 50.8. The lowest BCUT2D eigenvalue weighted by Gasteiger charge is -2.20. The van der Waals surface area contributed by atoms with Crippen molar-refractivity contribution in [1.29, 1.82) is 0 Å². The van der Waals surface area contributed by atoms with Crippen molar-refractivity contribution in [2.75, 3.05) is 11.9 Å². The number of imide groups is 1. The highest BCUT2D eigenvalue weighted by Crippen LogP contribution is 2.27. The average Bonchev–Trinajstić information content (AvgIpc) is 3.01. The van der Waals surface area contributed by atoms with E-state index < -0.39 is 24.4 Å². The molecule has 156 valence electrons. The van der Waals surface area contributed by atoms with Gasteiger partial charge in [0.05, 0.1) is 16.7 Å². The number of aryl methyl sites for hydroxylation is 1. The minimum absolute atomic E-state index is 0.114. The molecule has 1 aliphatic heterocycles. The highest BCUT2D eigenvalue weighted by molar-refractivity contribution is 6.22. The number of rotatable bonds is 7. The number of carbonyl (C=O) groups excluding carboxylic acids is 4. The second-order valence-electron chi connectivity index (χ2n) is 7.13. The van der Waals surface area contributed by atoms with E-state index in [-0.39, 0.29) is 28.6 Å². The van der Waals surface area contributed by atoms with Gasteiger partial charge in [0, 0.05) is 11.7 Å². The van der Waals surface area contributed by atoms with E-state index in [2.05, 4.69) is 5.32 Å². The van der Waals surface area contributed by atoms with Gasteiger partial charge in [-0.25, -0.2) is 4.79 Å². The van der Waals surface area contributed by atoms with Crippen LogP contribution in [0.3, 0.4) is 0 Å². The molecular formula is C23H24N2O5.